The third-order valence-corrected chi connectivity index (χ3v) is 3.83. The Balaban J connectivity index is 2.22. The maximum atomic E-state index is 12.1. The molecular weight excluding hydrogens is 240 g/mol. The molecule has 0 aromatic carbocycles. The molecular formula is C11H14N2O3S. The topological polar surface area (TPSA) is 70.5 Å². The van der Waals surface area contributed by atoms with E-state index in [4.69, 9.17) is 5.11 Å². The van der Waals surface area contributed by atoms with Gasteiger partial charge in [0, 0.05) is 11.9 Å². The van der Waals surface area contributed by atoms with Crippen LogP contribution < -0.4 is 0 Å². The van der Waals surface area contributed by atoms with Crippen LogP contribution in [-0.2, 0) is 4.79 Å². The zero-order valence-corrected chi connectivity index (χ0v) is 10.5. The quantitative estimate of drug-likeness (QED) is 0.865. The van der Waals surface area contributed by atoms with E-state index in [1.54, 1.807) is 5.38 Å². The first kappa shape index (κ1) is 12.0. The molecule has 2 atom stereocenters. The van der Waals surface area contributed by atoms with Crippen LogP contribution >= 0.6 is 11.3 Å². The predicted octanol–water partition coefficient (Wildman–Crippen LogP) is 1.39. The molecule has 1 aliphatic rings. The van der Waals surface area contributed by atoms with Crippen LogP contribution in [-0.4, -0.2) is 39.5 Å². The van der Waals surface area contributed by atoms with Crippen LogP contribution in [0.2, 0.25) is 0 Å². The molecule has 92 valence electrons. The molecule has 5 nitrogen and oxygen atoms in total. The van der Waals surface area contributed by atoms with Gasteiger partial charge in [-0.2, -0.15) is 0 Å². The maximum Gasteiger partial charge on any atom is 0.326 e. The summed E-state index contributed by atoms with van der Waals surface area (Å²) in [7, 11) is 0. The minimum atomic E-state index is -0.935. The summed E-state index contributed by atoms with van der Waals surface area (Å²) < 4.78 is 0. The summed E-state index contributed by atoms with van der Waals surface area (Å²) in [6.45, 7) is 4.18. The van der Waals surface area contributed by atoms with E-state index in [0.717, 1.165) is 11.4 Å². The number of hydrogen-bond acceptors (Lipinski definition) is 4. The lowest BCUT2D eigenvalue weighted by molar-refractivity contribution is -0.142. The monoisotopic (exact) mass is 254 g/mol. The highest BCUT2D eigenvalue weighted by molar-refractivity contribution is 7.09. The highest BCUT2D eigenvalue weighted by atomic mass is 32.1. The fourth-order valence-electron chi connectivity index (χ4n) is 2.16. The second kappa shape index (κ2) is 4.44. The molecule has 1 aliphatic heterocycles. The van der Waals surface area contributed by atoms with E-state index < -0.39 is 12.0 Å². The van der Waals surface area contributed by atoms with Crippen LogP contribution in [0.15, 0.2) is 5.38 Å². The number of likely N-dealkylation sites (tertiary alicyclic amines) is 1. The Morgan fingerprint density at radius 1 is 1.59 bits per heavy atom. The molecule has 6 heteroatoms. The van der Waals surface area contributed by atoms with Gasteiger partial charge in [0.25, 0.3) is 5.91 Å². The number of thiazole rings is 1. The highest BCUT2D eigenvalue weighted by Crippen LogP contribution is 2.26. The Kier molecular flexibility index (Phi) is 3.15. The van der Waals surface area contributed by atoms with Crippen molar-refractivity contribution < 1.29 is 14.7 Å². The Labute approximate surface area is 103 Å². The first-order valence-corrected chi connectivity index (χ1v) is 6.34. The lowest BCUT2D eigenvalue weighted by Gasteiger charge is -2.22. The summed E-state index contributed by atoms with van der Waals surface area (Å²) in [4.78, 5) is 28.8. The lowest BCUT2D eigenvalue weighted by atomic mass is 10.0. The number of hydrogen-bond donors (Lipinski definition) is 1. The fraction of sp³-hybridized carbons (Fsp3) is 0.545. The SMILES string of the molecule is Cc1nc(C(=O)N2CCC(C)C2C(=O)O)cs1. The molecule has 0 spiro atoms. The largest absolute Gasteiger partial charge is 0.480 e. The van der Waals surface area contributed by atoms with Crippen LogP contribution in [0.1, 0.15) is 28.8 Å². The number of carbonyl (C=O) groups excluding carboxylic acids is 1. The van der Waals surface area contributed by atoms with Gasteiger partial charge in [0.05, 0.1) is 5.01 Å². The Bertz CT molecular complexity index is 457. The second-order valence-corrected chi connectivity index (χ2v) is 5.36. The Morgan fingerprint density at radius 3 is 2.82 bits per heavy atom. The van der Waals surface area contributed by atoms with Crippen molar-refractivity contribution in [3.63, 3.8) is 0 Å². The van der Waals surface area contributed by atoms with Gasteiger partial charge in [-0.3, -0.25) is 4.79 Å². The van der Waals surface area contributed by atoms with Crippen molar-refractivity contribution in [2.45, 2.75) is 26.3 Å². The molecule has 1 aromatic rings. The molecule has 1 aromatic heterocycles. The maximum absolute atomic E-state index is 12.1. The third kappa shape index (κ3) is 2.17. The first-order valence-electron chi connectivity index (χ1n) is 5.46. The molecule has 0 saturated carbocycles. The minimum Gasteiger partial charge on any atom is -0.480 e. The van der Waals surface area contributed by atoms with E-state index >= 15 is 0 Å². The number of aryl methyl sites for hydroxylation is 1. The zero-order valence-electron chi connectivity index (χ0n) is 9.71. The van der Waals surface area contributed by atoms with Gasteiger partial charge in [-0.25, -0.2) is 9.78 Å². The summed E-state index contributed by atoms with van der Waals surface area (Å²) in [5.74, 6) is -1.21. The highest BCUT2D eigenvalue weighted by Gasteiger charge is 2.40. The summed E-state index contributed by atoms with van der Waals surface area (Å²) in [6.07, 6.45) is 0.728. The van der Waals surface area contributed by atoms with E-state index in [1.807, 2.05) is 13.8 Å². The molecule has 2 heterocycles. The average molecular weight is 254 g/mol. The smallest absolute Gasteiger partial charge is 0.326 e. The number of carbonyl (C=O) groups is 2. The minimum absolute atomic E-state index is 0.00353. The molecule has 0 radical (unpaired) electrons. The van der Waals surface area contributed by atoms with Gasteiger partial charge in [-0.05, 0) is 19.3 Å². The van der Waals surface area contributed by atoms with E-state index in [2.05, 4.69) is 4.98 Å². The summed E-state index contributed by atoms with van der Waals surface area (Å²) in [6, 6.07) is -0.718. The standard InChI is InChI=1S/C11H14N2O3S/c1-6-3-4-13(9(6)11(15)16)10(14)8-5-17-7(2)12-8/h5-6,9H,3-4H2,1-2H3,(H,15,16). The van der Waals surface area contributed by atoms with Crippen molar-refractivity contribution in [1.82, 2.24) is 9.88 Å². The third-order valence-electron chi connectivity index (χ3n) is 3.05. The van der Waals surface area contributed by atoms with Crippen molar-refractivity contribution >= 4 is 23.2 Å². The van der Waals surface area contributed by atoms with Gasteiger partial charge < -0.3 is 10.0 Å². The Morgan fingerprint density at radius 2 is 2.29 bits per heavy atom. The predicted molar refractivity (Wildman–Crippen MR) is 63.1 cm³/mol. The number of amides is 1. The van der Waals surface area contributed by atoms with E-state index in [0.29, 0.717) is 12.2 Å². The van der Waals surface area contributed by atoms with Gasteiger partial charge in [0.2, 0.25) is 0 Å². The number of rotatable bonds is 2. The van der Waals surface area contributed by atoms with Crippen molar-refractivity contribution in [2.75, 3.05) is 6.54 Å². The molecule has 1 fully saturated rings. The molecule has 0 bridgehead atoms. The molecule has 2 unspecified atom stereocenters. The van der Waals surface area contributed by atoms with Gasteiger partial charge in [-0.1, -0.05) is 6.92 Å². The van der Waals surface area contributed by atoms with Crippen LogP contribution in [0.3, 0.4) is 0 Å². The van der Waals surface area contributed by atoms with Gasteiger partial charge in [0.1, 0.15) is 11.7 Å². The van der Waals surface area contributed by atoms with Crippen LogP contribution in [0.5, 0.6) is 0 Å². The first-order chi connectivity index (χ1) is 8.00. The van der Waals surface area contributed by atoms with Crippen LogP contribution in [0.4, 0.5) is 0 Å². The molecule has 1 saturated heterocycles. The van der Waals surface area contributed by atoms with Crippen LogP contribution in [0.25, 0.3) is 0 Å². The number of nitrogens with zero attached hydrogens (tertiary/aromatic N) is 2. The van der Waals surface area contributed by atoms with Gasteiger partial charge >= 0.3 is 5.97 Å². The fourth-order valence-corrected chi connectivity index (χ4v) is 2.75. The normalized spacial score (nSPS) is 24.0. The van der Waals surface area contributed by atoms with Crippen molar-refractivity contribution in [3.8, 4) is 0 Å². The second-order valence-electron chi connectivity index (χ2n) is 4.30. The van der Waals surface area contributed by atoms with E-state index in [1.165, 1.54) is 16.2 Å². The Hall–Kier alpha value is -1.43. The van der Waals surface area contributed by atoms with E-state index in [-0.39, 0.29) is 11.8 Å². The van der Waals surface area contributed by atoms with Gasteiger partial charge in [-0.15, -0.1) is 11.3 Å². The number of carboxylic acid groups (broad SMARTS) is 1. The molecule has 1 N–H and O–H groups in total. The van der Waals surface area contributed by atoms with E-state index in [9.17, 15) is 9.59 Å². The molecule has 1 amide bonds. The average Bonchev–Trinajstić information content (AvgIpc) is 2.83. The van der Waals surface area contributed by atoms with Crippen LogP contribution in [0, 0.1) is 12.8 Å². The number of carboxylic acids is 1. The summed E-state index contributed by atoms with van der Waals surface area (Å²) in [5, 5.41) is 11.6. The summed E-state index contributed by atoms with van der Waals surface area (Å²) in [5.41, 5.74) is 0.354. The van der Waals surface area contributed by atoms with Crippen molar-refractivity contribution in [1.29, 1.82) is 0 Å². The lowest BCUT2D eigenvalue weighted by Crippen LogP contribution is -2.42. The number of aliphatic carboxylic acids is 1. The molecule has 2 rings (SSSR count). The van der Waals surface area contributed by atoms with Crippen molar-refractivity contribution in [3.05, 3.63) is 16.1 Å². The molecule has 17 heavy (non-hydrogen) atoms. The van der Waals surface area contributed by atoms with Crippen molar-refractivity contribution in [2.24, 2.45) is 5.92 Å². The molecule has 0 aliphatic carbocycles. The summed E-state index contributed by atoms with van der Waals surface area (Å²) >= 11 is 1.40. The zero-order chi connectivity index (χ0) is 12.6. The number of aromatic nitrogens is 1. The van der Waals surface area contributed by atoms with Gasteiger partial charge in [0.15, 0.2) is 0 Å².